The summed E-state index contributed by atoms with van der Waals surface area (Å²) >= 11 is 0. The summed E-state index contributed by atoms with van der Waals surface area (Å²) in [7, 11) is 0. The number of amides is 2. The van der Waals surface area contributed by atoms with Crippen molar-refractivity contribution in [3.63, 3.8) is 0 Å². The van der Waals surface area contributed by atoms with Gasteiger partial charge in [0.15, 0.2) is 0 Å². The number of nitrogens with zero attached hydrogens (tertiary/aromatic N) is 1. The molecule has 0 aliphatic carbocycles. The van der Waals surface area contributed by atoms with Crippen molar-refractivity contribution in [3.05, 3.63) is 119 Å². The van der Waals surface area contributed by atoms with E-state index in [1.54, 1.807) is 12.3 Å². The van der Waals surface area contributed by atoms with Gasteiger partial charge in [-0.05, 0) is 41.3 Å². The van der Waals surface area contributed by atoms with Crippen molar-refractivity contribution < 1.29 is 19.1 Å². The molecule has 2 saturated heterocycles. The molecule has 7 rings (SSSR count). The van der Waals surface area contributed by atoms with Gasteiger partial charge in [0, 0.05) is 59.8 Å². The third kappa shape index (κ3) is 5.83. The van der Waals surface area contributed by atoms with E-state index >= 15 is 0 Å². The molecule has 2 fully saturated rings. The van der Waals surface area contributed by atoms with E-state index in [4.69, 9.17) is 4.74 Å². The number of ether oxygens (including phenoxy) is 1. The van der Waals surface area contributed by atoms with Gasteiger partial charge in [-0.1, -0.05) is 78.9 Å². The summed E-state index contributed by atoms with van der Waals surface area (Å²) in [5.74, 6) is -1.15. The van der Waals surface area contributed by atoms with Crippen LogP contribution < -0.4 is 16.2 Å². The van der Waals surface area contributed by atoms with Gasteiger partial charge in [0.25, 0.3) is 5.56 Å². The average Bonchev–Trinajstić information content (AvgIpc) is 3.81. The molecule has 3 N–H and O–H groups in total. The molecule has 9 nitrogen and oxygen atoms in total. The van der Waals surface area contributed by atoms with E-state index in [-0.39, 0.29) is 36.3 Å². The Hall–Kier alpha value is -5.44. The van der Waals surface area contributed by atoms with E-state index in [9.17, 15) is 19.2 Å². The van der Waals surface area contributed by atoms with Crippen LogP contribution in [0.3, 0.4) is 0 Å². The fourth-order valence-electron chi connectivity index (χ4n) is 6.61. The van der Waals surface area contributed by atoms with Crippen molar-refractivity contribution >= 4 is 39.5 Å². The molecule has 0 unspecified atom stereocenters. The topological polar surface area (TPSA) is 122 Å². The first-order valence-corrected chi connectivity index (χ1v) is 15.7. The van der Waals surface area contributed by atoms with Gasteiger partial charge < -0.3 is 24.9 Å². The van der Waals surface area contributed by atoms with Gasteiger partial charge >= 0.3 is 5.97 Å². The highest BCUT2D eigenvalue weighted by Gasteiger charge is 2.31. The van der Waals surface area contributed by atoms with Crippen LogP contribution >= 0.6 is 0 Å². The molecular formula is C37H34N4O5. The predicted octanol–water partition coefficient (Wildman–Crippen LogP) is 4.82. The van der Waals surface area contributed by atoms with Gasteiger partial charge in [-0.15, -0.1) is 0 Å². The molecule has 4 heterocycles. The van der Waals surface area contributed by atoms with E-state index in [0.717, 1.165) is 33.0 Å². The fourth-order valence-corrected chi connectivity index (χ4v) is 6.61. The summed E-state index contributed by atoms with van der Waals surface area (Å²) in [6.07, 6.45) is 5.08. The van der Waals surface area contributed by atoms with Crippen LogP contribution in [0.15, 0.2) is 108 Å². The molecule has 0 spiro atoms. The Balaban J connectivity index is 1.25. The molecule has 232 valence electrons. The highest BCUT2D eigenvalue weighted by Crippen LogP contribution is 2.30. The zero-order valence-corrected chi connectivity index (χ0v) is 25.2. The van der Waals surface area contributed by atoms with Crippen molar-refractivity contribution in [2.75, 3.05) is 13.2 Å². The highest BCUT2D eigenvalue weighted by molar-refractivity contribution is 5.98. The third-order valence-corrected chi connectivity index (χ3v) is 9.00. The number of hydrogen-bond donors (Lipinski definition) is 3. The molecule has 0 saturated carbocycles. The zero-order valence-electron chi connectivity index (χ0n) is 25.2. The van der Waals surface area contributed by atoms with Gasteiger partial charge in [0.1, 0.15) is 11.6 Å². The second-order valence-corrected chi connectivity index (χ2v) is 12.0. The number of cyclic esters (lactones) is 1. The number of aromatic amines is 1. The number of fused-ring (bicyclic) bond motifs is 2. The van der Waals surface area contributed by atoms with Crippen LogP contribution in [0.25, 0.3) is 32.9 Å². The summed E-state index contributed by atoms with van der Waals surface area (Å²) in [6, 6.07) is 26.1. The number of pyridine rings is 1. The Morgan fingerprint density at radius 2 is 1.78 bits per heavy atom. The lowest BCUT2D eigenvalue weighted by Gasteiger charge is -2.24. The normalized spacial score (nSPS) is 18.5. The maximum Gasteiger partial charge on any atom is 0.333 e. The smallest absolute Gasteiger partial charge is 0.333 e. The Morgan fingerprint density at radius 1 is 0.978 bits per heavy atom. The summed E-state index contributed by atoms with van der Waals surface area (Å²) in [5.41, 5.74) is 3.26. The predicted molar refractivity (Wildman–Crippen MR) is 176 cm³/mol. The molecule has 3 atom stereocenters. The minimum Gasteiger partial charge on any atom is -0.462 e. The molecule has 3 aromatic carbocycles. The summed E-state index contributed by atoms with van der Waals surface area (Å²) < 4.78 is 6.60. The van der Waals surface area contributed by atoms with E-state index in [1.807, 2.05) is 66.7 Å². The molecule has 2 aliphatic rings. The van der Waals surface area contributed by atoms with Crippen LogP contribution in [0.4, 0.5) is 0 Å². The van der Waals surface area contributed by atoms with Crippen LogP contribution in [0.5, 0.6) is 0 Å². The lowest BCUT2D eigenvalue weighted by Crippen LogP contribution is -2.43. The number of carbonyl (C=O) groups excluding carboxylic acids is 3. The van der Waals surface area contributed by atoms with Crippen LogP contribution in [0.2, 0.25) is 0 Å². The van der Waals surface area contributed by atoms with Gasteiger partial charge in [-0.3, -0.25) is 14.4 Å². The Labute approximate surface area is 265 Å². The molecule has 0 radical (unpaired) electrons. The first-order chi connectivity index (χ1) is 22.4. The Morgan fingerprint density at radius 3 is 2.57 bits per heavy atom. The Kier molecular flexibility index (Phi) is 7.97. The van der Waals surface area contributed by atoms with E-state index in [1.165, 1.54) is 4.57 Å². The second kappa shape index (κ2) is 12.5. The lowest BCUT2D eigenvalue weighted by atomic mass is 9.95. The molecule has 46 heavy (non-hydrogen) atoms. The molecule has 0 bridgehead atoms. The van der Waals surface area contributed by atoms with E-state index in [0.29, 0.717) is 36.9 Å². The summed E-state index contributed by atoms with van der Waals surface area (Å²) in [6.45, 7) is 0.865. The number of hydrogen-bond acceptors (Lipinski definition) is 5. The largest absolute Gasteiger partial charge is 0.462 e. The number of esters is 1. The summed E-state index contributed by atoms with van der Waals surface area (Å²) in [4.78, 5) is 56.4. The SMILES string of the molecule is O=C1OCC/C1=C\[C@H](C[C@@H]1CCNC1=O)NC(=O)[C@H](Cc1ccccc1)n1ccc2cc(-c3cccc4ccccc34)[nH]c2c1=O. The van der Waals surface area contributed by atoms with Crippen molar-refractivity contribution in [2.45, 2.75) is 37.8 Å². The molecular weight excluding hydrogens is 580 g/mol. The quantitative estimate of drug-likeness (QED) is 0.162. The molecule has 9 heteroatoms. The average molecular weight is 615 g/mol. The van der Waals surface area contributed by atoms with Crippen molar-refractivity contribution in [1.82, 2.24) is 20.2 Å². The number of nitrogens with one attached hydrogen (secondary N) is 3. The molecule has 2 amide bonds. The van der Waals surface area contributed by atoms with Gasteiger partial charge in [-0.25, -0.2) is 4.79 Å². The van der Waals surface area contributed by atoms with Crippen molar-refractivity contribution in [3.8, 4) is 11.3 Å². The first-order valence-electron chi connectivity index (χ1n) is 15.7. The molecule has 2 aromatic heterocycles. The number of rotatable bonds is 9. The van der Waals surface area contributed by atoms with Crippen molar-refractivity contribution in [2.24, 2.45) is 5.92 Å². The minimum absolute atomic E-state index is 0.0668. The maximum absolute atomic E-state index is 14.2. The van der Waals surface area contributed by atoms with Crippen LogP contribution in [0.1, 0.15) is 30.9 Å². The van der Waals surface area contributed by atoms with Gasteiger partial charge in [0.2, 0.25) is 11.8 Å². The van der Waals surface area contributed by atoms with E-state index in [2.05, 4.69) is 33.8 Å². The number of H-pyrrole nitrogens is 1. The molecule has 2 aliphatic heterocycles. The highest BCUT2D eigenvalue weighted by atomic mass is 16.5. The zero-order chi connectivity index (χ0) is 31.6. The minimum atomic E-state index is -0.891. The van der Waals surface area contributed by atoms with Crippen LogP contribution in [-0.2, 0) is 25.5 Å². The third-order valence-electron chi connectivity index (χ3n) is 9.00. The van der Waals surface area contributed by atoms with Gasteiger partial charge in [0.05, 0.1) is 6.61 Å². The maximum atomic E-state index is 14.2. The Bertz CT molecular complexity index is 2040. The first kappa shape index (κ1) is 29.3. The number of carbonyl (C=O) groups is 3. The molecule has 5 aromatic rings. The second-order valence-electron chi connectivity index (χ2n) is 12.0. The number of benzene rings is 3. The summed E-state index contributed by atoms with van der Waals surface area (Å²) in [5, 5.41) is 8.85. The fraction of sp³-hybridized carbons (Fsp3) is 0.243. The van der Waals surface area contributed by atoms with Gasteiger partial charge in [-0.2, -0.15) is 0 Å². The van der Waals surface area contributed by atoms with Crippen LogP contribution in [-0.4, -0.2) is 46.5 Å². The van der Waals surface area contributed by atoms with E-state index < -0.39 is 18.1 Å². The lowest BCUT2D eigenvalue weighted by molar-refractivity contribution is -0.135. The standard InChI is InChI=1S/C37H34N4O5/c42-34-26(13-16-38-34)20-28(21-27-15-18-46-37(27)45)39-35(43)32(19-23-7-2-1-3-8-23)41-17-14-25-22-31(40-33(25)36(41)44)30-12-6-10-24-9-4-5-11-29(24)30/h1-12,14,17,21-22,26,28,32,40H,13,15-16,18-20H2,(H,38,42)(H,39,43)/b27-21+/t26-,28-,32-/m0/s1. The monoisotopic (exact) mass is 614 g/mol. The number of aromatic nitrogens is 2. The van der Waals surface area contributed by atoms with Crippen LogP contribution in [0, 0.1) is 5.92 Å². The van der Waals surface area contributed by atoms with Crippen molar-refractivity contribution in [1.29, 1.82) is 0 Å².